The van der Waals surface area contributed by atoms with E-state index in [1.54, 1.807) is 25.2 Å². The number of hydrogen-bond donors (Lipinski definition) is 1. The molecule has 1 N–H and O–H groups in total. The maximum atomic E-state index is 12.3. The van der Waals surface area contributed by atoms with Gasteiger partial charge >= 0.3 is 5.97 Å². The number of hydrogen-bond acceptors (Lipinski definition) is 6. The van der Waals surface area contributed by atoms with Crippen LogP contribution in [0, 0.1) is 5.92 Å². The first-order chi connectivity index (χ1) is 12.2. The molecule has 0 radical (unpaired) electrons. The highest BCUT2D eigenvalue weighted by Crippen LogP contribution is 2.26. The van der Waals surface area contributed by atoms with E-state index in [9.17, 15) is 18.0 Å². The molecule has 26 heavy (non-hydrogen) atoms. The Morgan fingerprint density at radius 3 is 2.54 bits per heavy atom. The lowest BCUT2D eigenvalue weighted by atomic mass is 10.0. The molecular weight excluding hydrogens is 358 g/mol. The van der Waals surface area contributed by atoms with E-state index in [2.05, 4.69) is 9.71 Å². The summed E-state index contributed by atoms with van der Waals surface area (Å²) in [5, 5.41) is 2.64. The number of nitrogens with zero attached hydrogens (tertiary/aromatic N) is 2. The van der Waals surface area contributed by atoms with Crippen molar-refractivity contribution in [2.45, 2.75) is 31.2 Å². The number of carbonyl (C=O) groups excluding carboxylic acids is 2. The Kier molecular flexibility index (Phi) is 6.01. The van der Waals surface area contributed by atoms with E-state index >= 15 is 0 Å². The van der Waals surface area contributed by atoms with Crippen molar-refractivity contribution < 1.29 is 22.7 Å². The Balaban J connectivity index is 2.11. The number of ether oxygens (including phenoxy) is 1. The van der Waals surface area contributed by atoms with Gasteiger partial charge in [-0.25, -0.2) is 4.79 Å². The lowest BCUT2D eigenvalue weighted by molar-refractivity contribution is -0.145. The smallest absolute Gasteiger partial charge is 0.328 e. The highest BCUT2D eigenvalue weighted by atomic mass is 32.2. The van der Waals surface area contributed by atoms with Crippen molar-refractivity contribution in [1.29, 1.82) is 0 Å². The van der Waals surface area contributed by atoms with Gasteiger partial charge in [-0.3, -0.25) is 4.79 Å². The van der Waals surface area contributed by atoms with Crippen LogP contribution in [0.5, 0.6) is 0 Å². The molecule has 142 valence electrons. The minimum Gasteiger partial charge on any atom is -0.467 e. The molecule has 2 rings (SSSR count). The summed E-state index contributed by atoms with van der Waals surface area (Å²) in [5.41, 5.74) is 0.453. The molecule has 1 aromatic carbocycles. The lowest BCUT2D eigenvalue weighted by Gasteiger charge is -2.22. The van der Waals surface area contributed by atoms with Crippen molar-refractivity contribution in [3.05, 3.63) is 29.8 Å². The second-order valence-electron chi connectivity index (χ2n) is 6.51. The Morgan fingerprint density at radius 1 is 1.27 bits per heavy atom. The van der Waals surface area contributed by atoms with Crippen LogP contribution in [0.4, 0.5) is 0 Å². The summed E-state index contributed by atoms with van der Waals surface area (Å²) >= 11 is 0. The molecule has 8 nitrogen and oxygen atoms in total. The maximum Gasteiger partial charge on any atom is 0.328 e. The predicted octanol–water partition coefficient (Wildman–Crippen LogP) is 0.771. The zero-order chi connectivity index (χ0) is 19.5. The maximum absolute atomic E-state index is 12.3. The van der Waals surface area contributed by atoms with Crippen molar-refractivity contribution in [3.63, 3.8) is 0 Å². The Labute approximate surface area is 153 Å². The SMILES string of the molecule is COC(=O)C(CC(C)C)NC(=O)CN(C)C1=NS(=O)(=O)c2ccccc21. The minimum atomic E-state index is -3.75. The van der Waals surface area contributed by atoms with Gasteiger partial charge in [0.1, 0.15) is 10.9 Å². The van der Waals surface area contributed by atoms with E-state index < -0.39 is 27.9 Å². The molecule has 0 bridgehead atoms. The van der Waals surface area contributed by atoms with Gasteiger partial charge in [-0.1, -0.05) is 26.0 Å². The quantitative estimate of drug-likeness (QED) is 0.730. The van der Waals surface area contributed by atoms with Crippen LogP contribution in [-0.4, -0.2) is 57.8 Å². The number of methoxy groups -OCH3 is 1. The highest BCUT2D eigenvalue weighted by molar-refractivity contribution is 7.90. The standard InChI is InChI=1S/C17H23N3O5S/c1-11(2)9-13(17(22)25-4)18-15(21)10-20(3)16-12-7-5-6-8-14(12)26(23,24)19-16/h5-8,11,13H,9-10H2,1-4H3,(H,18,21). The Hall–Kier alpha value is -2.42. The zero-order valence-corrected chi connectivity index (χ0v) is 16.0. The zero-order valence-electron chi connectivity index (χ0n) is 15.2. The van der Waals surface area contributed by atoms with Gasteiger partial charge in [-0.15, -0.1) is 4.40 Å². The van der Waals surface area contributed by atoms with E-state index in [1.807, 2.05) is 13.8 Å². The summed E-state index contributed by atoms with van der Waals surface area (Å²) in [6.07, 6.45) is 0.445. The lowest BCUT2D eigenvalue weighted by Crippen LogP contribution is -2.46. The number of carbonyl (C=O) groups is 2. The molecule has 0 saturated carbocycles. The molecule has 1 unspecified atom stereocenters. The monoisotopic (exact) mass is 381 g/mol. The van der Waals surface area contributed by atoms with Crippen LogP contribution in [0.25, 0.3) is 0 Å². The van der Waals surface area contributed by atoms with Crippen LogP contribution in [0.2, 0.25) is 0 Å². The topological polar surface area (TPSA) is 105 Å². The summed E-state index contributed by atoms with van der Waals surface area (Å²) < 4.78 is 32.7. The molecule has 1 amide bonds. The van der Waals surface area contributed by atoms with Crippen LogP contribution >= 0.6 is 0 Å². The first-order valence-electron chi connectivity index (χ1n) is 8.18. The summed E-state index contributed by atoms with van der Waals surface area (Å²) in [6, 6.07) is 5.70. The number of amides is 1. The van der Waals surface area contributed by atoms with Crippen LogP contribution in [0.3, 0.4) is 0 Å². The van der Waals surface area contributed by atoms with Crippen molar-refractivity contribution in [2.75, 3.05) is 20.7 Å². The number of benzene rings is 1. The summed E-state index contributed by atoms with van der Waals surface area (Å²) in [4.78, 5) is 25.7. The Bertz CT molecular complexity index is 833. The molecule has 9 heteroatoms. The molecule has 0 aliphatic carbocycles. The minimum absolute atomic E-state index is 0.120. The van der Waals surface area contributed by atoms with E-state index in [-0.39, 0.29) is 23.2 Å². The molecule has 1 aliphatic heterocycles. The molecule has 0 aromatic heterocycles. The fraction of sp³-hybridized carbons (Fsp3) is 0.471. The number of rotatable bonds is 6. The molecule has 0 fully saturated rings. The number of esters is 1. The van der Waals surface area contributed by atoms with Crippen molar-refractivity contribution >= 4 is 27.7 Å². The Morgan fingerprint density at radius 2 is 1.92 bits per heavy atom. The second kappa shape index (κ2) is 7.86. The van der Waals surface area contributed by atoms with Crippen LogP contribution in [-0.2, 0) is 24.3 Å². The fourth-order valence-electron chi connectivity index (χ4n) is 2.72. The third kappa shape index (κ3) is 4.40. The molecule has 1 heterocycles. The van der Waals surface area contributed by atoms with E-state index in [1.165, 1.54) is 18.1 Å². The van der Waals surface area contributed by atoms with Crippen LogP contribution < -0.4 is 5.32 Å². The number of amidine groups is 1. The van der Waals surface area contributed by atoms with Gasteiger partial charge in [0.15, 0.2) is 5.84 Å². The number of likely N-dealkylation sites (N-methyl/N-ethyl adjacent to an activating group) is 1. The van der Waals surface area contributed by atoms with Gasteiger partial charge in [0.25, 0.3) is 10.0 Å². The molecular formula is C17H23N3O5S. The van der Waals surface area contributed by atoms with Gasteiger partial charge in [0, 0.05) is 12.6 Å². The second-order valence-corrected chi connectivity index (χ2v) is 8.09. The molecule has 1 aromatic rings. The molecule has 0 spiro atoms. The van der Waals surface area contributed by atoms with Gasteiger partial charge in [0.2, 0.25) is 5.91 Å². The molecule has 1 aliphatic rings. The predicted molar refractivity (Wildman–Crippen MR) is 96.2 cm³/mol. The highest BCUT2D eigenvalue weighted by Gasteiger charge is 2.31. The largest absolute Gasteiger partial charge is 0.467 e. The van der Waals surface area contributed by atoms with Crippen LogP contribution in [0.1, 0.15) is 25.8 Å². The summed E-state index contributed by atoms with van der Waals surface area (Å²) in [6.45, 7) is 3.72. The number of fused-ring (bicyclic) bond motifs is 1. The summed E-state index contributed by atoms with van der Waals surface area (Å²) in [7, 11) is -0.910. The van der Waals surface area contributed by atoms with E-state index in [4.69, 9.17) is 4.74 Å². The molecule has 0 saturated heterocycles. The van der Waals surface area contributed by atoms with Gasteiger partial charge in [-0.2, -0.15) is 8.42 Å². The van der Waals surface area contributed by atoms with Crippen molar-refractivity contribution in [2.24, 2.45) is 10.3 Å². The number of sulfonamides is 1. The molecule has 1 atom stereocenters. The normalized spacial score (nSPS) is 15.8. The third-order valence-corrected chi connectivity index (χ3v) is 5.21. The fourth-order valence-corrected chi connectivity index (χ4v) is 3.97. The van der Waals surface area contributed by atoms with Gasteiger partial charge < -0.3 is 15.0 Å². The van der Waals surface area contributed by atoms with Crippen LogP contribution in [0.15, 0.2) is 33.6 Å². The van der Waals surface area contributed by atoms with Gasteiger partial charge in [0.05, 0.1) is 13.7 Å². The van der Waals surface area contributed by atoms with Crippen molar-refractivity contribution in [3.8, 4) is 0 Å². The van der Waals surface area contributed by atoms with Gasteiger partial charge in [-0.05, 0) is 24.5 Å². The number of nitrogens with one attached hydrogen (secondary N) is 1. The van der Waals surface area contributed by atoms with Crippen molar-refractivity contribution in [1.82, 2.24) is 10.2 Å². The third-order valence-electron chi connectivity index (χ3n) is 3.88. The van der Waals surface area contributed by atoms with E-state index in [0.717, 1.165) is 0 Å². The average molecular weight is 381 g/mol. The van der Waals surface area contributed by atoms with E-state index in [0.29, 0.717) is 12.0 Å². The average Bonchev–Trinajstić information content (AvgIpc) is 2.85. The first kappa shape index (κ1) is 19.9. The first-order valence-corrected chi connectivity index (χ1v) is 9.62. The summed E-state index contributed by atoms with van der Waals surface area (Å²) in [5.74, 6) is -0.545.